The van der Waals surface area contributed by atoms with Crippen LogP contribution in [0.1, 0.15) is 23.6 Å². The van der Waals surface area contributed by atoms with Gasteiger partial charge in [-0.05, 0) is 12.1 Å². The Balaban J connectivity index is 1.82. The van der Waals surface area contributed by atoms with Crippen molar-refractivity contribution in [3.05, 3.63) is 41.8 Å². The molecule has 0 aliphatic carbocycles. The minimum absolute atomic E-state index is 0.230. The van der Waals surface area contributed by atoms with E-state index in [4.69, 9.17) is 15.4 Å². The first kappa shape index (κ1) is 11.8. The fourth-order valence-corrected chi connectivity index (χ4v) is 1.81. The van der Waals surface area contributed by atoms with Gasteiger partial charge in [0.15, 0.2) is 5.82 Å². The summed E-state index contributed by atoms with van der Waals surface area (Å²) in [6.45, 7) is -0.230. The molecule has 1 atom stereocenters. The van der Waals surface area contributed by atoms with E-state index in [1.807, 2.05) is 24.3 Å². The van der Waals surface area contributed by atoms with Gasteiger partial charge < -0.3 is 20.3 Å². The van der Waals surface area contributed by atoms with Crippen LogP contribution in [-0.2, 0) is 6.42 Å². The number of imidazole rings is 1. The SMILES string of the molecule is N[C@@H](CO)c1nc(Cc2nc3ccccc3[nH]2)no1. The van der Waals surface area contributed by atoms with Crippen LogP contribution in [0.15, 0.2) is 28.8 Å². The molecular weight excluding hydrogens is 246 g/mol. The summed E-state index contributed by atoms with van der Waals surface area (Å²) in [6.07, 6.45) is 0.427. The van der Waals surface area contributed by atoms with Crippen LogP contribution in [0, 0.1) is 0 Å². The van der Waals surface area contributed by atoms with Crippen molar-refractivity contribution in [2.45, 2.75) is 12.5 Å². The van der Waals surface area contributed by atoms with Crippen LogP contribution < -0.4 is 5.73 Å². The molecule has 2 heterocycles. The molecule has 0 amide bonds. The Kier molecular flexibility index (Phi) is 2.98. The fraction of sp³-hybridized carbons (Fsp3) is 0.250. The number of nitrogens with zero attached hydrogens (tertiary/aromatic N) is 3. The van der Waals surface area contributed by atoms with Crippen LogP contribution in [0.4, 0.5) is 0 Å². The third kappa shape index (κ3) is 2.33. The van der Waals surface area contributed by atoms with Gasteiger partial charge in [0.25, 0.3) is 0 Å². The Labute approximate surface area is 108 Å². The van der Waals surface area contributed by atoms with E-state index in [-0.39, 0.29) is 12.5 Å². The van der Waals surface area contributed by atoms with Crippen molar-refractivity contribution in [1.29, 1.82) is 0 Å². The maximum Gasteiger partial charge on any atom is 0.245 e. The molecule has 0 unspecified atom stereocenters. The number of fused-ring (bicyclic) bond motifs is 1. The summed E-state index contributed by atoms with van der Waals surface area (Å²) >= 11 is 0. The molecule has 3 rings (SSSR count). The van der Waals surface area contributed by atoms with Crippen molar-refractivity contribution in [2.75, 3.05) is 6.61 Å². The number of hydrogen-bond donors (Lipinski definition) is 3. The average molecular weight is 259 g/mol. The highest BCUT2D eigenvalue weighted by Crippen LogP contribution is 2.13. The number of nitrogens with two attached hydrogens (primary N) is 1. The predicted octanol–water partition coefficient (Wildman–Crippen LogP) is 0.529. The monoisotopic (exact) mass is 259 g/mol. The lowest BCUT2D eigenvalue weighted by Crippen LogP contribution is -2.14. The van der Waals surface area contributed by atoms with Gasteiger partial charge in [0.2, 0.25) is 5.89 Å². The zero-order valence-electron chi connectivity index (χ0n) is 10.1. The summed E-state index contributed by atoms with van der Waals surface area (Å²) in [5.74, 6) is 1.47. The summed E-state index contributed by atoms with van der Waals surface area (Å²) in [7, 11) is 0. The lowest BCUT2D eigenvalue weighted by atomic mass is 10.3. The third-order valence-electron chi connectivity index (χ3n) is 2.76. The van der Waals surface area contributed by atoms with Crippen LogP contribution in [0.3, 0.4) is 0 Å². The zero-order valence-corrected chi connectivity index (χ0v) is 10.1. The van der Waals surface area contributed by atoms with E-state index in [2.05, 4.69) is 20.1 Å². The van der Waals surface area contributed by atoms with E-state index >= 15 is 0 Å². The van der Waals surface area contributed by atoms with Crippen LogP contribution in [0.2, 0.25) is 0 Å². The lowest BCUT2D eigenvalue weighted by Gasteiger charge is -1.98. The number of para-hydroxylation sites is 2. The van der Waals surface area contributed by atoms with Crippen LogP contribution in [0.25, 0.3) is 11.0 Å². The summed E-state index contributed by atoms with van der Waals surface area (Å²) in [5, 5.41) is 12.7. The van der Waals surface area contributed by atoms with E-state index in [0.717, 1.165) is 16.9 Å². The minimum atomic E-state index is -0.642. The second kappa shape index (κ2) is 4.79. The molecule has 1 aromatic carbocycles. The van der Waals surface area contributed by atoms with Gasteiger partial charge in [0, 0.05) is 0 Å². The Morgan fingerprint density at radius 2 is 2.16 bits per heavy atom. The van der Waals surface area contributed by atoms with Gasteiger partial charge in [-0.25, -0.2) is 4.98 Å². The van der Waals surface area contributed by atoms with E-state index in [0.29, 0.717) is 12.2 Å². The number of benzene rings is 1. The first-order valence-corrected chi connectivity index (χ1v) is 5.89. The van der Waals surface area contributed by atoms with Gasteiger partial charge in [0.1, 0.15) is 11.9 Å². The first-order valence-electron chi connectivity index (χ1n) is 5.89. The van der Waals surface area contributed by atoms with Crippen molar-refractivity contribution < 1.29 is 9.63 Å². The molecular formula is C12H13N5O2. The molecule has 0 bridgehead atoms. The van der Waals surface area contributed by atoms with Gasteiger partial charge in [0.05, 0.1) is 24.1 Å². The zero-order chi connectivity index (χ0) is 13.2. The molecule has 0 saturated heterocycles. The molecule has 19 heavy (non-hydrogen) atoms. The molecule has 2 aromatic heterocycles. The number of hydrogen-bond acceptors (Lipinski definition) is 6. The van der Waals surface area contributed by atoms with Crippen molar-refractivity contribution in [3.8, 4) is 0 Å². The lowest BCUT2D eigenvalue weighted by molar-refractivity contribution is 0.236. The first-order chi connectivity index (χ1) is 9.26. The molecule has 7 nitrogen and oxygen atoms in total. The van der Waals surface area contributed by atoms with Crippen molar-refractivity contribution in [1.82, 2.24) is 20.1 Å². The molecule has 98 valence electrons. The number of rotatable bonds is 4. The molecule has 0 saturated carbocycles. The second-order valence-corrected chi connectivity index (χ2v) is 4.22. The molecule has 0 fully saturated rings. The van der Waals surface area contributed by atoms with Crippen molar-refractivity contribution >= 4 is 11.0 Å². The predicted molar refractivity (Wildman–Crippen MR) is 67.2 cm³/mol. The highest BCUT2D eigenvalue weighted by molar-refractivity contribution is 5.74. The normalized spacial score (nSPS) is 12.9. The molecule has 4 N–H and O–H groups in total. The van der Waals surface area contributed by atoms with Crippen molar-refractivity contribution in [2.24, 2.45) is 5.73 Å². The van der Waals surface area contributed by atoms with E-state index in [1.54, 1.807) is 0 Å². The molecule has 0 aliphatic heterocycles. The van der Waals surface area contributed by atoms with Gasteiger partial charge >= 0.3 is 0 Å². The van der Waals surface area contributed by atoms with Crippen molar-refractivity contribution in [3.63, 3.8) is 0 Å². The van der Waals surface area contributed by atoms with Gasteiger partial charge in [-0.3, -0.25) is 0 Å². The number of H-pyrrole nitrogens is 1. The maximum atomic E-state index is 8.91. The Morgan fingerprint density at radius 1 is 1.32 bits per heavy atom. The Morgan fingerprint density at radius 3 is 2.95 bits per heavy atom. The summed E-state index contributed by atoms with van der Waals surface area (Å²) in [6, 6.07) is 7.11. The Bertz CT molecular complexity index is 657. The summed E-state index contributed by atoms with van der Waals surface area (Å²) in [5.41, 5.74) is 7.46. The van der Waals surface area contributed by atoms with Crippen LogP contribution >= 0.6 is 0 Å². The van der Waals surface area contributed by atoms with Gasteiger partial charge in [-0.15, -0.1) is 0 Å². The molecule has 7 heteroatoms. The van der Waals surface area contributed by atoms with Gasteiger partial charge in [-0.1, -0.05) is 17.3 Å². The van der Waals surface area contributed by atoms with Crippen LogP contribution in [0.5, 0.6) is 0 Å². The Hall–Kier alpha value is -2.25. The maximum absolute atomic E-state index is 8.91. The third-order valence-corrected chi connectivity index (χ3v) is 2.76. The minimum Gasteiger partial charge on any atom is -0.394 e. The number of aromatic nitrogens is 4. The highest BCUT2D eigenvalue weighted by Gasteiger charge is 2.14. The highest BCUT2D eigenvalue weighted by atomic mass is 16.5. The van der Waals surface area contributed by atoms with E-state index in [9.17, 15) is 0 Å². The van der Waals surface area contributed by atoms with E-state index in [1.165, 1.54) is 0 Å². The summed E-state index contributed by atoms with van der Waals surface area (Å²) < 4.78 is 4.98. The topological polar surface area (TPSA) is 114 Å². The number of aliphatic hydroxyl groups is 1. The summed E-state index contributed by atoms with van der Waals surface area (Å²) in [4.78, 5) is 11.7. The molecule has 0 spiro atoms. The fourth-order valence-electron chi connectivity index (χ4n) is 1.81. The van der Waals surface area contributed by atoms with Crippen LogP contribution in [-0.4, -0.2) is 31.8 Å². The van der Waals surface area contributed by atoms with Gasteiger partial charge in [-0.2, -0.15) is 4.98 Å². The molecule has 0 radical (unpaired) electrons. The number of nitrogens with one attached hydrogen (secondary N) is 1. The standard InChI is InChI=1S/C12H13N5O2/c13-7(6-18)12-16-11(17-19-12)5-10-14-8-3-1-2-4-9(8)15-10/h1-4,7,18H,5-6,13H2,(H,14,15)/t7-/m0/s1. The molecule has 3 aromatic rings. The van der Waals surface area contributed by atoms with E-state index < -0.39 is 6.04 Å². The number of aliphatic hydroxyl groups excluding tert-OH is 1. The smallest absolute Gasteiger partial charge is 0.245 e. The molecule has 0 aliphatic rings. The largest absolute Gasteiger partial charge is 0.394 e. The average Bonchev–Trinajstić information content (AvgIpc) is 3.04. The quantitative estimate of drug-likeness (QED) is 0.629. The number of aromatic amines is 1. The second-order valence-electron chi connectivity index (χ2n) is 4.22.